The fraction of sp³-hybridized carbons (Fsp3) is 0.750. The number of hydrogen-bond acceptors (Lipinski definition) is 3. The fourth-order valence-corrected chi connectivity index (χ4v) is 0.568. The minimum atomic E-state index is 0.0824. The third-order valence-electron chi connectivity index (χ3n) is 1.09. The molecule has 0 saturated heterocycles. The number of hydrogen-bond donors (Lipinski definition) is 1. The molecule has 0 radical (unpaired) electrons. The lowest BCUT2D eigenvalue weighted by Gasteiger charge is -2.13. The van der Waals surface area contributed by atoms with Crippen LogP contribution in [0.5, 0.6) is 0 Å². The Labute approximate surface area is 68.2 Å². The van der Waals surface area contributed by atoms with Gasteiger partial charge in [-0.05, 0) is 13.8 Å². The second-order valence-corrected chi connectivity index (χ2v) is 2.62. The Hall–Kier alpha value is -0.540. The van der Waals surface area contributed by atoms with Gasteiger partial charge in [-0.1, -0.05) is 6.58 Å². The summed E-state index contributed by atoms with van der Waals surface area (Å²) in [7, 11) is 0. The van der Waals surface area contributed by atoms with Gasteiger partial charge in [0.1, 0.15) is 6.61 Å². The molecule has 0 bridgehead atoms. The molecule has 66 valence electrons. The van der Waals surface area contributed by atoms with Gasteiger partial charge >= 0.3 is 0 Å². The van der Waals surface area contributed by atoms with Crippen molar-refractivity contribution >= 4 is 0 Å². The van der Waals surface area contributed by atoms with E-state index >= 15 is 0 Å². The quantitative estimate of drug-likeness (QED) is 0.585. The first-order valence-corrected chi connectivity index (χ1v) is 3.76. The summed E-state index contributed by atoms with van der Waals surface area (Å²) in [5.41, 5.74) is 5.48. The van der Waals surface area contributed by atoms with Crippen LogP contribution in [-0.2, 0) is 9.47 Å². The largest absolute Gasteiger partial charge is 0.499 e. The third-order valence-corrected chi connectivity index (χ3v) is 1.09. The third kappa shape index (κ3) is 7.36. The molecule has 0 aliphatic rings. The molecular weight excluding hydrogens is 142 g/mol. The molecule has 2 N–H and O–H groups in total. The van der Waals surface area contributed by atoms with Crippen LogP contribution in [0.3, 0.4) is 0 Å². The Morgan fingerprint density at radius 2 is 2.09 bits per heavy atom. The first-order chi connectivity index (χ1) is 5.16. The molecule has 0 rings (SSSR count). The van der Waals surface area contributed by atoms with Crippen molar-refractivity contribution < 1.29 is 9.47 Å². The summed E-state index contributed by atoms with van der Waals surface area (Å²) in [5, 5.41) is 0. The summed E-state index contributed by atoms with van der Waals surface area (Å²) in [6, 6.07) is 0.0844. The molecule has 3 nitrogen and oxygen atoms in total. The van der Waals surface area contributed by atoms with Crippen LogP contribution in [0, 0.1) is 0 Å². The van der Waals surface area contributed by atoms with Gasteiger partial charge in [0.2, 0.25) is 0 Å². The number of rotatable bonds is 6. The maximum absolute atomic E-state index is 5.48. The highest BCUT2D eigenvalue weighted by atomic mass is 16.5. The SMILES string of the molecule is C=COCC(C)OCC(C)N. The summed E-state index contributed by atoms with van der Waals surface area (Å²) >= 11 is 0. The summed E-state index contributed by atoms with van der Waals surface area (Å²) in [5.74, 6) is 0. The lowest BCUT2D eigenvalue weighted by molar-refractivity contribution is 0.0154. The van der Waals surface area contributed by atoms with Crippen LogP contribution in [-0.4, -0.2) is 25.4 Å². The highest BCUT2D eigenvalue weighted by Gasteiger charge is 2.02. The van der Waals surface area contributed by atoms with E-state index in [0.717, 1.165) is 0 Å². The predicted octanol–water partition coefficient (Wildman–Crippen LogP) is 0.899. The van der Waals surface area contributed by atoms with Crippen LogP contribution in [0.4, 0.5) is 0 Å². The highest BCUT2D eigenvalue weighted by molar-refractivity contribution is 4.56. The Kier molecular flexibility index (Phi) is 5.88. The van der Waals surface area contributed by atoms with Gasteiger partial charge in [0.15, 0.2) is 0 Å². The van der Waals surface area contributed by atoms with Crippen LogP contribution in [0.1, 0.15) is 13.8 Å². The molecule has 11 heavy (non-hydrogen) atoms. The van der Waals surface area contributed by atoms with E-state index < -0.39 is 0 Å². The van der Waals surface area contributed by atoms with Crippen LogP contribution < -0.4 is 5.73 Å². The molecule has 0 amide bonds. The highest BCUT2D eigenvalue weighted by Crippen LogP contribution is 1.92. The van der Waals surface area contributed by atoms with Crippen molar-refractivity contribution in [3.8, 4) is 0 Å². The molecule has 2 unspecified atom stereocenters. The molecule has 0 aliphatic carbocycles. The molecule has 0 saturated carbocycles. The number of ether oxygens (including phenoxy) is 2. The van der Waals surface area contributed by atoms with Crippen molar-refractivity contribution in [3.63, 3.8) is 0 Å². The zero-order valence-corrected chi connectivity index (χ0v) is 7.25. The fourth-order valence-electron chi connectivity index (χ4n) is 0.568. The van der Waals surface area contributed by atoms with Crippen molar-refractivity contribution in [3.05, 3.63) is 12.8 Å². The van der Waals surface area contributed by atoms with E-state index in [1.54, 1.807) is 0 Å². The summed E-state index contributed by atoms with van der Waals surface area (Å²) in [6.45, 7) is 8.37. The van der Waals surface area contributed by atoms with Gasteiger partial charge in [-0.2, -0.15) is 0 Å². The van der Waals surface area contributed by atoms with Crippen LogP contribution >= 0.6 is 0 Å². The molecule has 2 atom stereocenters. The minimum Gasteiger partial charge on any atom is -0.499 e. The second-order valence-electron chi connectivity index (χ2n) is 2.62. The Bertz CT molecular complexity index is 104. The van der Waals surface area contributed by atoms with Crippen molar-refractivity contribution in [2.75, 3.05) is 13.2 Å². The van der Waals surface area contributed by atoms with Crippen molar-refractivity contribution in [2.24, 2.45) is 5.73 Å². The summed E-state index contributed by atoms with van der Waals surface area (Å²) in [6.07, 6.45) is 1.49. The monoisotopic (exact) mass is 159 g/mol. The topological polar surface area (TPSA) is 44.5 Å². The molecule has 0 heterocycles. The van der Waals surface area contributed by atoms with E-state index in [-0.39, 0.29) is 12.1 Å². The first-order valence-electron chi connectivity index (χ1n) is 3.76. The molecule has 0 fully saturated rings. The van der Waals surface area contributed by atoms with Gasteiger partial charge in [0.05, 0.1) is 19.0 Å². The average Bonchev–Trinajstić information content (AvgIpc) is 1.97. The van der Waals surface area contributed by atoms with Gasteiger partial charge in [-0.3, -0.25) is 0 Å². The van der Waals surface area contributed by atoms with E-state index in [2.05, 4.69) is 6.58 Å². The molecule has 0 aromatic carbocycles. The maximum Gasteiger partial charge on any atom is 0.113 e. The normalized spacial score (nSPS) is 15.5. The second kappa shape index (κ2) is 6.19. The Morgan fingerprint density at radius 1 is 1.45 bits per heavy atom. The minimum absolute atomic E-state index is 0.0824. The molecule has 0 aromatic rings. The van der Waals surface area contributed by atoms with Crippen molar-refractivity contribution in [1.29, 1.82) is 0 Å². The predicted molar refractivity (Wildman–Crippen MR) is 45.2 cm³/mol. The van der Waals surface area contributed by atoms with E-state index in [0.29, 0.717) is 13.2 Å². The lowest BCUT2D eigenvalue weighted by atomic mass is 10.4. The molecule has 0 aliphatic heterocycles. The summed E-state index contributed by atoms with van der Waals surface area (Å²) in [4.78, 5) is 0. The maximum atomic E-state index is 5.48. The van der Waals surface area contributed by atoms with Crippen LogP contribution in [0.15, 0.2) is 12.8 Å². The van der Waals surface area contributed by atoms with Crippen molar-refractivity contribution in [2.45, 2.75) is 26.0 Å². The van der Waals surface area contributed by atoms with Gasteiger partial charge in [0, 0.05) is 6.04 Å². The van der Waals surface area contributed by atoms with E-state index in [1.807, 2.05) is 13.8 Å². The van der Waals surface area contributed by atoms with Gasteiger partial charge in [-0.25, -0.2) is 0 Å². The van der Waals surface area contributed by atoms with Gasteiger partial charge in [-0.15, -0.1) is 0 Å². The van der Waals surface area contributed by atoms with Gasteiger partial charge in [0.25, 0.3) is 0 Å². The Balaban J connectivity index is 3.21. The molecule has 0 spiro atoms. The molecule has 0 aromatic heterocycles. The van der Waals surface area contributed by atoms with Crippen LogP contribution in [0.2, 0.25) is 0 Å². The number of nitrogens with two attached hydrogens (primary N) is 1. The zero-order chi connectivity index (χ0) is 8.69. The van der Waals surface area contributed by atoms with E-state index in [4.69, 9.17) is 15.2 Å². The Morgan fingerprint density at radius 3 is 2.55 bits per heavy atom. The standard InChI is InChI=1S/C8H17NO2/c1-4-10-6-8(3)11-5-7(2)9/h4,7-8H,1,5-6,9H2,2-3H3. The zero-order valence-electron chi connectivity index (χ0n) is 7.25. The lowest BCUT2D eigenvalue weighted by Crippen LogP contribution is -2.26. The summed E-state index contributed by atoms with van der Waals surface area (Å²) < 4.78 is 10.2. The van der Waals surface area contributed by atoms with Gasteiger partial charge < -0.3 is 15.2 Å². The van der Waals surface area contributed by atoms with E-state index in [1.165, 1.54) is 6.26 Å². The van der Waals surface area contributed by atoms with Crippen molar-refractivity contribution in [1.82, 2.24) is 0 Å². The smallest absolute Gasteiger partial charge is 0.113 e. The first kappa shape index (κ1) is 10.5. The van der Waals surface area contributed by atoms with Crippen LogP contribution in [0.25, 0.3) is 0 Å². The van der Waals surface area contributed by atoms with E-state index in [9.17, 15) is 0 Å². The molecule has 3 heteroatoms. The average molecular weight is 159 g/mol. The molecular formula is C8H17NO2.